The molecule has 0 bridgehead atoms. The first-order valence-electron chi connectivity index (χ1n) is 13.3. The summed E-state index contributed by atoms with van der Waals surface area (Å²) in [5.41, 5.74) is 0.590. The van der Waals surface area contributed by atoms with Gasteiger partial charge in [0.25, 0.3) is 5.56 Å². The molecule has 0 spiro atoms. The van der Waals surface area contributed by atoms with Gasteiger partial charge in [0.05, 0.1) is 65.1 Å². The zero-order chi connectivity index (χ0) is 30.3. The molecule has 13 nitrogen and oxygen atoms in total. The Kier molecular flexibility index (Phi) is 14.2. The number of nitrogens with one attached hydrogen (secondary N) is 1. The van der Waals surface area contributed by atoms with E-state index in [1.807, 2.05) is 0 Å². The molecule has 1 aromatic heterocycles. The summed E-state index contributed by atoms with van der Waals surface area (Å²) in [4.78, 5) is 37.5. The lowest BCUT2D eigenvalue weighted by atomic mass is 10.0. The number of aryl methyl sites for hydroxylation is 1. The van der Waals surface area contributed by atoms with Crippen molar-refractivity contribution >= 4 is 12.1 Å². The predicted octanol–water partition coefficient (Wildman–Crippen LogP) is 1.48. The van der Waals surface area contributed by atoms with Gasteiger partial charge in [-0.3, -0.25) is 4.79 Å². The minimum absolute atomic E-state index is 0.0221. The molecule has 0 saturated carbocycles. The van der Waals surface area contributed by atoms with Gasteiger partial charge in [-0.25, -0.2) is 14.3 Å². The van der Waals surface area contributed by atoms with Gasteiger partial charge in [0.2, 0.25) is 0 Å². The van der Waals surface area contributed by atoms with E-state index in [2.05, 4.69) is 10.4 Å². The quantitative estimate of drug-likeness (QED) is 0.207. The molecule has 1 amide bonds. The van der Waals surface area contributed by atoms with Crippen LogP contribution in [0.5, 0.6) is 5.75 Å². The van der Waals surface area contributed by atoms with Gasteiger partial charge in [0.15, 0.2) is 5.75 Å². The normalized spacial score (nSPS) is 12.0. The zero-order valence-electron chi connectivity index (χ0n) is 24.3. The van der Waals surface area contributed by atoms with Gasteiger partial charge in [-0.1, -0.05) is 24.3 Å². The van der Waals surface area contributed by atoms with Gasteiger partial charge in [0, 0.05) is 13.5 Å². The molecule has 0 aliphatic carbocycles. The average molecular weight is 580 g/mol. The first-order chi connectivity index (χ1) is 19.6. The Labute approximate surface area is 239 Å². The molecule has 0 unspecified atom stereocenters. The molecule has 2 aromatic rings. The molecule has 1 atom stereocenters. The topological polar surface area (TPSA) is 157 Å². The van der Waals surface area contributed by atoms with E-state index < -0.39 is 23.7 Å². The van der Waals surface area contributed by atoms with E-state index >= 15 is 0 Å². The zero-order valence-corrected chi connectivity index (χ0v) is 24.3. The largest absolute Gasteiger partial charge is 0.489 e. The smallest absolute Gasteiger partial charge is 0.408 e. The number of nitrogens with zero attached hydrogens (tertiary/aromatic N) is 2. The van der Waals surface area contributed by atoms with Crippen LogP contribution in [0.3, 0.4) is 0 Å². The second kappa shape index (κ2) is 17.3. The van der Waals surface area contributed by atoms with E-state index in [4.69, 9.17) is 33.5 Å². The van der Waals surface area contributed by atoms with Crippen molar-refractivity contribution in [3.63, 3.8) is 0 Å². The number of alkyl carbamates (subject to hydrolysis) is 1. The fourth-order valence-corrected chi connectivity index (χ4v) is 3.54. The molecule has 0 saturated heterocycles. The number of carbonyl (C=O) groups excluding carboxylic acids is 2. The number of aromatic nitrogens is 2. The third-order valence-electron chi connectivity index (χ3n) is 5.43. The Morgan fingerprint density at radius 3 is 2.12 bits per heavy atom. The summed E-state index contributed by atoms with van der Waals surface area (Å²) >= 11 is 0. The number of ether oxygens (including phenoxy) is 6. The molecule has 0 aliphatic heterocycles. The molecule has 228 valence electrons. The molecule has 2 rings (SSSR count). The fourth-order valence-electron chi connectivity index (χ4n) is 3.54. The molecule has 2 N–H and O–H groups in total. The Balaban J connectivity index is 1.99. The summed E-state index contributed by atoms with van der Waals surface area (Å²) in [6.07, 6.45) is 0.894. The van der Waals surface area contributed by atoms with Crippen LogP contribution in [0.1, 0.15) is 26.3 Å². The van der Waals surface area contributed by atoms with Crippen molar-refractivity contribution in [2.75, 3.05) is 60.0 Å². The van der Waals surface area contributed by atoms with E-state index in [0.29, 0.717) is 43.3 Å². The van der Waals surface area contributed by atoms with Crippen LogP contribution in [-0.4, -0.2) is 98.6 Å². The Hall–Kier alpha value is -3.52. The van der Waals surface area contributed by atoms with E-state index in [-0.39, 0.29) is 38.4 Å². The number of benzene rings is 1. The van der Waals surface area contributed by atoms with Crippen molar-refractivity contribution < 1.29 is 43.1 Å². The maximum atomic E-state index is 12.9. The van der Waals surface area contributed by atoms with Crippen molar-refractivity contribution in [3.8, 4) is 16.9 Å². The second-order valence-electron chi connectivity index (χ2n) is 9.84. The number of hydrogen-bond donors (Lipinski definition) is 2. The summed E-state index contributed by atoms with van der Waals surface area (Å²) in [5, 5.41) is 15.3. The van der Waals surface area contributed by atoms with Crippen LogP contribution >= 0.6 is 0 Å². The molecule has 41 heavy (non-hydrogen) atoms. The number of hydrogen-bond acceptors (Lipinski definition) is 11. The summed E-state index contributed by atoms with van der Waals surface area (Å²) in [6, 6.07) is 6.02. The number of amides is 1. The Morgan fingerprint density at radius 2 is 1.56 bits per heavy atom. The third-order valence-corrected chi connectivity index (χ3v) is 5.43. The first kappa shape index (κ1) is 33.7. The average Bonchev–Trinajstić information content (AvgIpc) is 2.92. The molecular weight excluding hydrogens is 538 g/mol. The number of rotatable bonds is 17. The van der Waals surface area contributed by atoms with Gasteiger partial charge in [-0.15, -0.1) is 0 Å². The molecule has 0 aliphatic rings. The highest BCUT2D eigenvalue weighted by molar-refractivity contribution is 5.81. The molecule has 0 radical (unpaired) electrons. The van der Waals surface area contributed by atoms with Crippen LogP contribution in [-0.2, 0) is 41.9 Å². The Bertz CT molecular complexity index is 1150. The lowest BCUT2D eigenvalue weighted by Gasteiger charge is -2.22. The number of methoxy groups -OCH3 is 1. The summed E-state index contributed by atoms with van der Waals surface area (Å²) in [6.45, 7) is 7.46. The van der Waals surface area contributed by atoms with E-state index in [0.717, 1.165) is 5.56 Å². The second-order valence-corrected chi connectivity index (χ2v) is 9.84. The summed E-state index contributed by atoms with van der Waals surface area (Å²) in [5.74, 6) is -0.305. The molecule has 0 fully saturated rings. The highest BCUT2D eigenvalue weighted by Crippen LogP contribution is 2.26. The highest BCUT2D eigenvalue weighted by atomic mass is 16.6. The fraction of sp³-hybridized carbons (Fsp3) is 0.571. The van der Waals surface area contributed by atoms with Crippen molar-refractivity contribution in [1.29, 1.82) is 0 Å². The van der Waals surface area contributed by atoms with E-state index in [1.54, 1.807) is 52.1 Å². The van der Waals surface area contributed by atoms with Crippen LogP contribution in [0.2, 0.25) is 0 Å². The first-order valence-corrected chi connectivity index (χ1v) is 13.3. The number of aliphatic hydroxyl groups is 1. The van der Waals surface area contributed by atoms with Gasteiger partial charge in [-0.05, 0) is 31.9 Å². The number of carbonyl (C=O) groups is 2. The minimum atomic E-state index is -0.960. The van der Waals surface area contributed by atoms with Gasteiger partial charge < -0.3 is 38.8 Å². The van der Waals surface area contributed by atoms with E-state index in [1.165, 1.54) is 18.0 Å². The number of esters is 1. The van der Waals surface area contributed by atoms with Crippen LogP contribution in [0.15, 0.2) is 35.3 Å². The molecule has 1 aromatic carbocycles. The molecule has 13 heteroatoms. The van der Waals surface area contributed by atoms with Crippen molar-refractivity contribution in [3.05, 3.63) is 46.4 Å². The third kappa shape index (κ3) is 12.3. The summed E-state index contributed by atoms with van der Waals surface area (Å²) < 4.78 is 33.1. The maximum Gasteiger partial charge on any atom is 0.408 e. The van der Waals surface area contributed by atoms with E-state index in [9.17, 15) is 14.4 Å². The standard InChI is InChI=1S/C28H41N3O10/c1-28(2,3)41-27(35)30-22(26(34)36-5)18-20-6-8-21(9-7-20)24-23(19-29-31(4)25(24)33)40-17-16-39-15-14-38-13-12-37-11-10-32/h6-9,19,22,32H,10-18H2,1-5H3,(H,30,35)/t22-/m0/s1. The summed E-state index contributed by atoms with van der Waals surface area (Å²) in [7, 11) is 2.79. The van der Waals surface area contributed by atoms with Gasteiger partial charge in [0.1, 0.15) is 18.2 Å². The van der Waals surface area contributed by atoms with Crippen molar-refractivity contribution in [2.45, 2.75) is 38.8 Å². The minimum Gasteiger partial charge on any atom is -0.489 e. The predicted molar refractivity (Wildman–Crippen MR) is 149 cm³/mol. The van der Waals surface area contributed by atoms with Crippen molar-refractivity contribution in [1.82, 2.24) is 15.1 Å². The van der Waals surface area contributed by atoms with Crippen molar-refractivity contribution in [2.24, 2.45) is 7.05 Å². The SMILES string of the molecule is COC(=O)[C@H](Cc1ccc(-c2c(OCCOCCOCCOCCO)cnn(C)c2=O)cc1)NC(=O)OC(C)(C)C. The number of aliphatic hydroxyl groups excluding tert-OH is 1. The molecule has 1 heterocycles. The van der Waals surface area contributed by atoms with Crippen LogP contribution in [0, 0.1) is 0 Å². The maximum absolute atomic E-state index is 12.9. The highest BCUT2D eigenvalue weighted by Gasteiger charge is 2.25. The van der Waals surface area contributed by atoms with Gasteiger partial charge in [-0.2, -0.15) is 5.10 Å². The lowest BCUT2D eigenvalue weighted by Crippen LogP contribution is -2.45. The lowest BCUT2D eigenvalue weighted by molar-refractivity contribution is -0.143. The van der Waals surface area contributed by atoms with Crippen LogP contribution in [0.25, 0.3) is 11.1 Å². The van der Waals surface area contributed by atoms with Crippen LogP contribution in [0.4, 0.5) is 4.79 Å². The monoisotopic (exact) mass is 579 g/mol. The van der Waals surface area contributed by atoms with Gasteiger partial charge >= 0.3 is 12.1 Å². The molecular formula is C28H41N3O10. The van der Waals surface area contributed by atoms with Crippen LogP contribution < -0.4 is 15.6 Å². The Morgan fingerprint density at radius 1 is 0.976 bits per heavy atom.